The number of nitrogens with zero attached hydrogens (tertiary/aromatic N) is 3. The van der Waals surface area contributed by atoms with E-state index < -0.39 is 4.92 Å². The predicted octanol–water partition coefficient (Wildman–Crippen LogP) is 2.42. The molecular weight excluding hydrogens is 206 g/mol. The van der Waals surface area contributed by atoms with E-state index in [0.717, 1.165) is 6.42 Å². The van der Waals surface area contributed by atoms with Crippen molar-refractivity contribution < 1.29 is 4.92 Å². The third-order valence-corrected chi connectivity index (χ3v) is 2.28. The summed E-state index contributed by atoms with van der Waals surface area (Å²) in [7, 11) is 0. The van der Waals surface area contributed by atoms with Crippen molar-refractivity contribution >= 4 is 17.4 Å². The molecule has 0 aliphatic carbocycles. The molecule has 0 unspecified atom stereocenters. The highest BCUT2D eigenvalue weighted by Crippen LogP contribution is 2.25. The average Bonchev–Trinajstić information content (AvgIpc) is 2.45. The fourth-order valence-corrected chi connectivity index (χ4v) is 1.59. The van der Waals surface area contributed by atoms with Crippen molar-refractivity contribution in [2.45, 2.75) is 33.2 Å². The molecule has 0 atom stereocenters. The maximum atomic E-state index is 10.6. The first kappa shape index (κ1) is 11.0. The van der Waals surface area contributed by atoms with E-state index in [4.69, 9.17) is 11.6 Å². The van der Waals surface area contributed by atoms with Gasteiger partial charge >= 0.3 is 5.82 Å². The summed E-state index contributed by atoms with van der Waals surface area (Å²) in [6.07, 6.45) is 1.52. The number of hydrogen-bond acceptors (Lipinski definition) is 3. The quantitative estimate of drug-likeness (QED) is 0.575. The van der Waals surface area contributed by atoms with Crippen molar-refractivity contribution in [2.75, 3.05) is 0 Å². The Morgan fingerprint density at radius 1 is 1.57 bits per heavy atom. The second-order valence-electron chi connectivity index (χ2n) is 2.90. The van der Waals surface area contributed by atoms with Gasteiger partial charge in [-0.3, -0.25) is 4.57 Å². The van der Waals surface area contributed by atoms with Crippen LogP contribution in [0.4, 0.5) is 5.82 Å². The van der Waals surface area contributed by atoms with Gasteiger partial charge in [0, 0.05) is 13.0 Å². The van der Waals surface area contributed by atoms with Crippen LogP contribution < -0.4 is 0 Å². The summed E-state index contributed by atoms with van der Waals surface area (Å²) in [5.74, 6) is 0.431. The number of hydrogen-bond donors (Lipinski definition) is 0. The van der Waals surface area contributed by atoms with Crippen molar-refractivity contribution in [2.24, 2.45) is 0 Å². The van der Waals surface area contributed by atoms with Crippen molar-refractivity contribution in [3.05, 3.63) is 21.1 Å². The van der Waals surface area contributed by atoms with Crippen LogP contribution in [0.2, 0.25) is 5.15 Å². The molecule has 1 aromatic heterocycles. The molecule has 0 amide bonds. The predicted molar refractivity (Wildman–Crippen MR) is 53.6 cm³/mol. The van der Waals surface area contributed by atoms with E-state index in [0.29, 0.717) is 18.8 Å². The van der Waals surface area contributed by atoms with Gasteiger partial charge in [0.25, 0.3) is 0 Å². The first-order valence-electron chi connectivity index (χ1n) is 4.51. The number of aryl methyl sites for hydroxylation is 1. The maximum Gasteiger partial charge on any atom is 0.401 e. The Hall–Kier alpha value is -1.10. The highest BCUT2D eigenvalue weighted by Gasteiger charge is 2.24. The van der Waals surface area contributed by atoms with Crippen LogP contribution in [0.5, 0.6) is 0 Å². The van der Waals surface area contributed by atoms with Crippen molar-refractivity contribution in [1.29, 1.82) is 0 Å². The maximum absolute atomic E-state index is 10.6. The normalized spacial score (nSPS) is 10.5. The molecule has 0 fully saturated rings. The van der Waals surface area contributed by atoms with Crippen molar-refractivity contribution in [3.8, 4) is 0 Å². The molecule has 0 N–H and O–H groups in total. The lowest BCUT2D eigenvalue weighted by Gasteiger charge is -2.01. The van der Waals surface area contributed by atoms with Gasteiger partial charge in [0.1, 0.15) is 0 Å². The van der Waals surface area contributed by atoms with Crippen LogP contribution in [0, 0.1) is 10.1 Å². The van der Waals surface area contributed by atoms with E-state index in [1.54, 1.807) is 4.57 Å². The van der Waals surface area contributed by atoms with Crippen LogP contribution in [0.25, 0.3) is 0 Å². The number of aromatic nitrogens is 2. The summed E-state index contributed by atoms with van der Waals surface area (Å²) in [6.45, 7) is 4.55. The number of nitro groups is 1. The zero-order valence-electron chi connectivity index (χ0n) is 8.16. The Labute approximate surface area is 86.9 Å². The number of imidazole rings is 1. The van der Waals surface area contributed by atoms with Crippen LogP contribution >= 0.6 is 11.6 Å². The smallest absolute Gasteiger partial charge is 0.358 e. The summed E-state index contributed by atoms with van der Waals surface area (Å²) in [4.78, 5) is 13.9. The third-order valence-electron chi connectivity index (χ3n) is 1.90. The molecule has 0 radical (unpaired) electrons. The molecule has 0 bridgehead atoms. The first-order chi connectivity index (χ1) is 6.61. The second kappa shape index (κ2) is 4.41. The molecule has 1 heterocycles. The van der Waals surface area contributed by atoms with Crippen LogP contribution in [-0.4, -0.2) is 14.5 Å². The lowest BCUT2D eigenvalue weighted by Crippen LogP contribution is -2.02. The van der Waals surface area contributed by atoms with Gasteiger partial charge in [-0.05, 0) is 16.3 Å². The van der Waals surface area contributed by atoms with Gasteiger partial charge in [0.2, 0.25) is 11.0 Å². The molecule has 5 nitrogen and oxygen atoms in total. The van der Waals surface area contributed by atoms with Crippen LogP contribution in [0.15, 0.2) is 0 Å². The fourth-order valence-electron chi connectivity index (χ4n) is 1.30. The topological polar surface area (TPSA) is 61.0 Å². The molecule has 0 aliphatic rings. The molecule has 0 aromatic carbocycles. The lowest BCUT2D eigenvalue weighted by atomic mass is 10.4. The van der Waals surface area contributed by atoms with Gasteiger partial charge in [0.15, 0.2) is 0 Å². The molecule has 0 saturated carbocycles. The summed E-state index contributed by atoms with van der Waals surface area (Å²) in [5.41, 5.74) is 0. The van der Waals surface area contributed by atoms with Gasteiger partial charge in [0.05, 0.1) is 0 Å². The zero-order chi connectivity index (χ0) is 10.7. The zero-order valence-corrected chi connectivity index (χ0v) is 8.91. The Kier molecular flexibility index (Phi) is 3.46. The Morgan fingerprint density at radius 3 is 2.64 bits per heavy atom. The van der Waals surface area contributed by atoms with Gasteiger partial charge in [-0.2, -0.15) is 0 Å². The fraction of sp³-hybridized carbons (Fsp3) is 0.625. The molecule has 6 heteroatoms. The van der Waals surface area contributed by atoms with Crippen LogP contribution in [0.1, 0.15) is 26.1 Å². The number of rotatable bonds is 4. The van der Waals surface area contributed by atoms with E-state index in [-0.39, 0.29) is 11.0 Å². The number of halogens is 1. The molecule has 0 spiro atoms. The molecule has 1 aromatic rings. The SMILES string of the molecule is CCCn1c(CC)nc([N+](=O)[O-])c1Cl. The Morgan fingerprint density at radius 2 is 2.21 bits per heavy atom. The van der Waals surface area contributed by atoms with Gasteiger partial charge in [-0.15, -0.1) is 0 Å². The van der Waals surface area contributed by atoms with Crippen molar-refractivity contribution in [1.82, 2.24) is 9.55 Å². The highest BCUT2D eigenvalue weighted by molar-refractivity contribution is 6.31. The summed E-state index contributed by atoms with van der Waals surface area (Å²) >= 11 is 5.84. The summed E-state index contributed by atoms with van der Waals surface area (Å²) in [6, 6.07) is 0. The molecule has 0 saturated heterocycles. The molecule has 14 heavy (non-hydrogen) atoms. The standard InChI is InChI=1S/C8H12ClN3O2/c1-3-5-11-6(4-2)10-8(7(11)9)12(13)14/h3-5H2,1-2H3. The van der Waals surface area contributed by atoms with E-state index in [1.165, 1.54) is 0 Å². The van der Waals surface area contributed by atoms with Gasteiger partial charge in [-0.25, -0.2) is 0 Å². The minimum absolute atomic E-state index is 0.133. The Bertz CT molecular complexity index is 349. The summed E-state index contributed by atoms with van der Waals surface area (Å²) < 4.78 is 1.69. The monoisotopic (exact) mass is 217 g/mol. The van der Waals surface area contributed by atoms with E-state index in [9.17, 15) is 10.1 Å². The van der Waals surface area contributed by atoms with Gasteiger partial charge < -0.3 is 10.1 Å². The molecule has 78 valence electrons. The third kappa shape index (κ3) is 1.87. The van der Waals surface area contributed by atoms with Crippen LogP contribution in [-0.2, 0) is 13.0 Å². The molecule has 1 rings (SSSR count). The largest absolute Gasteiger partial charge is 0.401 e. The summed E-state index contributed by atoms with van der Waals surface area (Å²) in [5, 5.41) is 10.7. The van der Waals surface area contributed by atoms with E-state index in [2.05, 4.69) is 4.98 Å². The average molecular weight is 218 g/mol. The molecular formula is C8H12ClN3O2. The van der Waals surface area contributed by atoms with Crippen LogP contribution in [0.3, 0.4) is 0 Å². The minimum atomic E-state index is -0.548. The van der Waals surface area contributed by atoms with E-state index in [1.807, 2.05) is 13.8 Å². The minimum Gasteiger partial charge on any atom is -0.358 e. The Balaban J connectivity index is 3.18. The first-order valence-corrected chi connectivity index (χ1v) is 4.88. The van der Waals surface area contributed by atoms with Crippen molar-refractivity contribution in [3.63, 3.8) is 0 Å². The van der Waals surface area contributed by atoms with Gasteiger partial charge in [-0.1, -0.05) is 25.4 Å². The second-order valence-corrected chi connectivity index (χ2v) is 3.26. The van der Waals surface area contributed by atoms with E-state index >= 15 is 0 Å². The molecule has 0 aliphatic heterocycles. The lowest BCUT2D eigenvalue weighted by molar-refractivity contribution is -0.389. The highest BCUT2D eigenvalue weighted by atomic mass is 35.5.